The summed E-state index contributed by atoms with van der Waals surface area (Å²) in [7, 11) is 1.34. The van der Waals surface area contributed by atoms with Gasteiger partial charge in [0.2, 0.25) is 5.75 Å². The fraction of sp³-hybridized carbons (Fsp3) is 0.565. The summed E-state index contributed by atoms with van der Waals surface area (Å²) in [5.41, 5.74) is -0.164. The molecule has 0 bridgehead atoms. The van der Waals surface area contributed by atoms with E-state index in [1.54, 1.807) is 20.8 Å². The number of alkyl halides is 3. The van der Waals surface area contributed by atoms with Crippen LogP contribution in [0.3, 0.4) is 0 Å². The number of hydrogen-bond acceptors (Lipinski definition) is 8. The molecule has 11 heteroatoms. The van der Waals surface area contributed by atoms with Gasteiger partial charge in [0.1, 0.15) is 6.10 Å². The molecule has 1 aromatic rings. The van der Waals surface area contributed by atoms with Crippen LogP contribution >= 0.6 is 0 Å². The van der Waals surface area contributed by atoms with E-state index in [0.29, 0.717) is 0 Å². The molecule has 0 spiro atoms. The Morgan fingerprint density at radius 1 is 1.15 bits per heavy atom. The lowest BCUT2D eigenvalue weighted by Gasteiger charge is -2.28. The summed E-state index contributed by atoms with van der Waals surface area (Å²) in [6.45, 7) is 7.46. The molecule has 0 unspecified atom stereocenters. The molecular formula is C23H30F3NO7. The van der Waals surface area contributed by atoms with Crippen LogP contribution in [0.5, 0.6) is 11.5 Å². The molecule has 8 nitrogen and oxygen atoms in total. The van der Waals surface area contributed by atoms with E-state index >= 15 is 0 Å². The Hall–Kier alpha value is -2.95. The third-order valence-corrected chi connectivity index (χ3v) is 4.63. The highest BCUT2D eigenvalue weighted by Gasteiger charge is 2.30. The van der Waals surface area contributed by atoms with Crippen molar-refractivity contribution in [1.29, 1.82) is 0 Å². The van der Waals surface area contributed by atoms with Crippen molar-refractivity contribution in [3.05, 3.63) is 30.1 Å². The maximum absolute atomic E-state index is 12.8. The summed E-state index contributed by atoms with van der Waals surface area (Å²) < 4.78 is 57.7. The van der Waals surface area contributed by atoms with Gasteiger partial charge in [0, 0.05) is 31.7 Å². The van der Waals surface area contributed by atoms with E-state index in [1.807, 2.05) is 0 Å². The quantitative estimate of drug-likeness (QED) is 0.243. The third kappa shape index (κ3) is 9.50. The highest BCUT2D eigenvalue weighted by atomic mass is 19.4. The number of rotatable bonds is 12. The predicted octanol–water partition coefficient (Wildman–Crippen LogP) is 4.32. The second kappa shape index (κ2) is 13.1. The minimum Gasteiger partial charge on any atom is -0.493 e. The molecule has 190 valence electrons. The Kier molecular flexibility index (Phi) is 11.2. The van der Waals surface area contributed by atoms with Crippen LogP contribution in [0.15, 0.2) is 24.4 Å². The van der Waals surface area contributed by atoms with Gasteiger partial charge < -0.3 is 18.9 Å². The van der Waals surface area contributed by atoms with Crippen molar-refractivity contribution >= 4 is 17.7 Å². The molecule has 0 amide bonds. The van der Waals surface area contributed by atoms with Gasteiger partial charge in [-0.05, 0) is 12.8 Å². The van der Waals surface area contributed by atoms with Crippen molar-refractivity contribution in [2.45, 2.75) is 59.4 Å². The first-order valence-corrected chi connectivity index (χ1v) is 10.6. The average Bonchev–Trinajstić information content (AvgIpc) is 2.73. The molecule has 1 rings (SSSR count). The van der Waals surface area contributed by atoms with Crippen molar-refractivity contribution < 1.29 is 46.5 Å². The van der Waals surface area contributed by atoms with Crippen LogP contribution < -0.4 is 9.47 Å². The average molecular weight is 489 g/mol. The number of hydrogen-bond donors (Lipinski definition) is 0. The van der Waals surface area contributed by atoms with Crippen molar-refractivity contribution in [1.82, 2.24) is 4.98 Å². The number of carbonyl (C=O) groups excluding carboxylic acids is 3. The van der Waals surface area contributed by atoms with Crippen molar-refractivity contribution in [3.8, 4) is 11.5 Å². The number of methoxy groups -OCH3 is 1. The van der Waals surface area contributed by atoms with E-state index < -0.39 is 42.0 Å². The van der Waals surface area contributed by atoms with Crippen molar-refractivity contribution in [2.24, 2.45) is 11.8 Å². The van der Waals surface area contributed by atoms with Gasteiger partial charge in [0.05, 0.1) is 25.7 Å². The van der Waals surface area contributed by atoms with E-state index in [0.717, 1.165) is 13.0 Å². The fourth-order valence-electron chi connectivity index (χ4n) is 3.00. The molecule has 0 saturated heterocycles. The number of carbonyl (C=O) groups is 3. The zero-order valence-corrected chi connectivity index (χ0v) is 20.0. The lowest BCUT2D eigenvalue weighted by atomic mass is 10.00. The lowest BCUT2D eigenvalue weighted by molar-refractivity contribution is -0.164. The maximum Gasteiger partial charge on any atom is 0.409 e. The van der Waals surface area contributed by atoms with Gasteiger partial charge in [-0.2, -0.15) is 13.2 Å². The number of ketones is 1. The number of Topliss-reactive ketones (excluding diaryl/α,β-unsaturated/α-hetero) is 1. The number of pyridine rings is 1. The summed E-state index contributed by atoms with van der Waals surface area (Å²) in [6, 6.07) is 1.42. The minimum atomic E-state index is -4.44. The Labute approximate surface area is 196 Å². The molecule has 0 aliphatic heterocycles. The van der Waals surface area contributed by atoms with E-state index in [9.17, 15) is 27.6 Å². The van der Waals surface area contributed by atoms with Crippen molar-refractivity contribution in [2.75, 3.05) is 13.7 Å². The minimum absolute atomic E-state index is 0.0699. The number of halogens is 3. The van der Waals surface area contributed by atoms with Gasteiger partial charge in [-0.1, -0.05) is 26.8 Å². The first kappa shape index (κ1) is 29.1. The van der Waals surface area contributed by atoms with Gasteiger partial charge in [0.25, 0.3) is 0 Å². The summed E-state index contributed by atoms with van der Waals surface area (Å²) >= 11 is 0. The molecule has 0 aliphatic rings. The first-order chi connectivity index (χ1) is 15.8. The molecule has 1 aromatic heterocycles. The van der Waals surface area contributed by atoms with Gasteiger partial charge in [-0.15, -0.1) is 0 Å². The second-order valence-electron chi connectivity index (χ2n) is 7.94. The number of allylic oxidation sites excluding steroid dienone is 1. The lowest BCUT2D eigenvalue weighted by Crippen LogP contribution is -2.37. The van der Waals surface area contributed by atoms with E-state index in [1.165, 1.54) is 26.3 Å². The molecule has 1 heterocycles. The van der Waals surface area contributed by atoms with Crippen LogP contribution in [-0.4, -0.2) is 54.8 Å². The molecule has 3 atom stereocenters. The first-order valence-electron chi connectivity index (χ1n) is 10.6. The van der Waals surface area contributed by atoms with Crippen LogP contribution in [0, 0.1) is 11.8 Å². The van der Waals surface area contributed by atoms with Gasteiger partial charge in [-0.25, -0.2) is 4.98 Å². The third-order valence-electron chi connectivity index (χ3n) is 4.63. The number of esters is 2. The summed E-state index contributed by atoms with van der Waals surface area (Å²) in [6.07, 6.45) is -3.97. The molecule has 0 aromatic carbocycles. The van der Waals surface area contributed by atoms with Crippen molar-refractivity contribution in [3.63, 3.8) is 0 Å². The molecule has 0 radical (unpaired) electrons. The Bertz CT molecular complexity index is 884. The Balaban J connectivity index is 2.85. The standard InChI is InChI=1S/C23H30F3NO7/c1-13(2)20(15(4)32-11-7-9-23(24,25)26)34-22(30)14(3)12-17(29)19-21(33-16(5)28)18(31-6)8-10-27-19/h7-10,13-15,20H,11-12H2,1-6H3/b9-7+/t14-,15+,20-/m1/s1. The van der Waals surface area contributed by atoms with Crippen LogP contribution in [0.4, 0.5) is 13.2 Å². The fourth-order valence-corrected chi connectivity index (χ4v) is 3.00. The van der Waals surface area contributed by atoms with Gasteiger partial charge in [0.15, 0.2) is 17.2 Å². The van der Waals surface area contributed by atoms with Crippen LogP contribution in [0.1, 0.15) is 51.5 Å². The van der Waals surface area contributed by atoms with Gasteiger partial charge in [-0.3, -0.25) is 14.4 Å². The molecule has 0 aliphatic carbocycles. The maximum atomic E-state index is 12.8. The summed E-state index contributed by atoms with van der Waals surface area (Å²) in [5.74, 6) is -3.03. The van der Waals surface area contributed by atoms with E-state index in [4.69, 9.17) is 18.9 Å². The normalized spacial score (nSPS) is 14.5. The number of aromatic nitrogens is 1. The molecule has 0 saturated carbocycles. The zero-order chi connectivity index (χ0) is 26.1. The molecular weight excluding hydrogens is 459 g/mol. The van der Waals surface area contributed by atoms with E-state index in [-0.39, 0.29) is 42.2 Å². The summed E-state index contributed by atoms with van der Waals surface area (Å²) in [4.78, 5) is 40.8. The monoisotopic (exact) mass is 489 g/mol. The highest BCUT2D eigenvalue weighted by molar-refractivity contribution is 5.99. The number of nitrogens with zero attached hydrogens (tertiary/aromatic N) is 1. The highest BCUT2D eigenvalue weighted by Crippen LogP contribution is 2.31. The largest absolute Gasteiger partial charge is 0.493 e. The van der Waals surface area contributed by atoms with Crippen LogP contribution in [0.25, 0.3) is 0 Å². The van der Waals surface area contributed by atoms with Gasteiger partial charge >= 0.3 is 18.1 Å². The SMILES string of the molecule is COc1ccnc(C(=O)C[C@@H](C)C(=O)O[C@H](C(C)C)[C@H](C)OC/C=C/C(F)(F)F)c1OC(C)=O. The molecule has 34 heavy (non-hydrogen) atoms. The predicted molar refractivity (Wildman–Crippen MR) is 116 cm³/mol. The van der Waals surface area contributed by atoms with Crippen LogP contribution in [-0.2, 0) is 19.1 Å². The Morgan fingerprint density at radius 3 is 2.32 bits per heavy atom. The molecule has 0 fully saturated rings. The zero-order valence-electron chi connectivity index (χ0n) is 20.0. The molecule has 0 N–H and O–H groups in total. The second-order valence-corrected chi connectivity index (χ2v) is 7.94. The topological polar surface area (TPSA) is 101 Å². The van der Waals surface area contributed by atoms with Crippen LogP contribution in [0.2, 0.25) is 0 Å². The van der Waals surface area contributed by atoms with E-state index in [2.05, 4.69) is 4.98 Å². The summed E-state index contributed by atoms with van der Waals surface area (Å²) in [5, 5.41) is 0. The Morgan fingerprint density at radius 2 is 1.79 bits per heavy atom. The number of ether oxygens (including phenoxy) is 4. The smallest absolute Gasteiger partial charge is 0.409 e.